The summed E-state index contributed by atoms with van der Waals surface area (Å²) >= 11 is 0. The first-order chi connectivity index (χ1) is 7.17. The molecule has 3 N–H and O–H groups in total. The first-order valence-corrected chi connectivity index (χ1v) is 5.48. The highest BCUT2D eigenvalue weighted by Crippen LogP contribution is 2.07. The fourth-order valence-electron chi connectivity index (χ4n) is 1.48. The number of nitrogens with two attached hydrogens (primary N) is 1. The number of nitrogen functional groups attached to an aromatic ring is 1. The monoisotopic (exact) mass is 208 g/mol. The first kappa shape index (κ1) is 11.9. The molecule has 4 nitrogen and oxygen atoms in total. The van der Waals surface area contributed by atoms with Crippen LogP contribution in [0.2, 0.25) is 0 Å². The van der Waals surface area contributed by atoms with Crippen LogP contribution in [0.25, 0.3) is 0 Å². The lowest BCUT2D eigenvalue weighted by Gasteiger charge is -2.15. The standard InChI is InChI=1S/C11H20N4/c1-4-10(5-2)14-7-9-6-13-8(3)15-11(9)12/h6,10,14H,4-5,7H2,1-3H3,(H2,12,13,15). The molecule has 0 unspecified atom stereocenters. The van der Waals surface area contributed by atoms with Crippen LogP contribution >= 0.6 is 0 Å². The lowest BCUT2D eigenvalue weighted by Crippen LogP contribution is -2.27. The molecule has 0 aliphatic heterocycles. The molecule has 84 valence electrons. The van der Waals surface area contributed by atoms with Gasteiger partial charge < -0.3 is 11.1 Å². The normalized spacial score (nSPS) is 10.9. The topological polar surface area (TPSA) is 63.8 Å². The lowest BCUT2D eigenvalue weighted by atomic mass is 10.1. The summed E-state index contributed by atoms with van der Waals surface area (Å²) in [4.78, 5) is 8.27. The van der Waals surface area contributed by atoms with E-state index in [9.17, 15) is 0 Å². The van der Waals surface area contributed by atoms with Gasteiger partial charge in [-0.2, -0.15) is 0 Å². The van der Waals surface area contributed by atoms with Gasteiger partial charge in [0, 0.05) is 24.3 Å². The predicted molar refractivity (Wildman–Crippen MR) is 62.4 cm³/mol. The summed E-state index contributed by atoms with van der Waals surface area (Å²) in [5, 5.41) is 3.44. The minimum Gasteiger partial charge on any atom is -0.383 e. The quantitative estimate of drug-likeness (QED) is 0.772. The van der Waals surface area contributed by atoms with Gasteiger partial charge in [0.25, 0.3) is 0 Å². The molecule has 0 saturated heterocycles. The largest absolute Gasteiger partial charge is 0.383 e. The smallest absolute Gasteiger partial charge is 0.131 e. The third-order valence-corrected chi connectivity index (χ3v) is 2.59. The van der Waals surface area contributed by atoms with Crippen molar-refractivity contribution in [3.63, 3.8) is 0 Å². The van der Waals surface area contributed by atoms with Crippen molar-refractivity contribution in [2.45, 2.75) is 46.2 Å². The van der Waals surface area contributed by atoms with Crippen molar-refractivity contribution < 1.29 is 0 Å². The van der Waals surface area contributed by atoms with Crippen molar-refractivity contribution in [1.82, 2.24) is 15.3 Å². The minimum absolute atomic E-state index is 0.547. The summed E-state index contributed by atoms with van der Waals surface area (Å²) in [6.45, 7) is 6.94. The Balaban J connectivity index is 2.57. The Morgan fingerprint density at radius 2 is 2.07 bits per heavy atom. The summed E-state index contributed by atoms with van der Waals surface area (Å²) in [6.07, 6.45) is 4.05. The average molecular weight is 208 g/mol. The molecule has 0 saturated carbocycles. The highest BCUT2D eigenvalue weighted by Gasteiger charge is 2.05. The van der Waals surface area contributed by atoms with E-state index in [4.69, 9.17) is 5.73 Å². The van der Waals surface area contributed by atoms with E-state index in [-0.39, 0.29) is 0 Å². The van der Waals surface area contributed by atoms with E-state index in [0.29, 0.717) is 11.9 Å². The van der Waals surface area contributed by atoms with E-state index < -0.39 is 0 Å². The van der Waals surface area contributed by atoms with Crippen LogP contribution in [0.4, 0.5) is 5.82 Å². The van der Waals surface area contributed by atoms with E-state index in [2.05, 4.69) is 29.1 Å². The van der Waals surface area contributed by atoms with Gasteiger partial charge in [-0.15, -0.1) is 0 Å². The summed E-state index contributed by atoms with van der Waals surface area (Å²) < 4.78 is 0. The molecule has 0 radical (unpaired) electrons. The van der Waals surface area contributed by atoms with Crippen LogP contribution in [0.15, 0.2) is 6.20 Å². The Morgan fingerprint density at radius 3 is 2.60 bits per heavy atom. The molecule has 1 aromatic heterocycles. The Bertz CT molecular complexity index is 307. The molecule has 4 heteroatoms. The zero-order valence-corrected chi connectivity index (χ0v) is 9.75. The first-order valence-electron chi connectivity index (χ1n) is 5.48. The van der Waals surface area contributed by atoms with Gasteiger partial charge in [-0.05, 0) is 19.8 Å². The van der Waals surface area contributed by atoms with Gasteiger partial charge in [-0.3, -0.25) is 0 Å². The van der Waals surface area contributed by atoms with Crippen LogP contribution in [-0.2, 0) is 6.54 Å². The molecule has 0 atom stereocenters. The molecule has 0 aliphatic carbocycles. The maximum Gasteiger partial charge on any atom is 0.131 e. The second kappa shape index (κ2) is 5.66. The number of aromatic nitrogens is 2. The van der Waals surface area contributed by atoms with Gasteiger partial charge in [0.1, 0.15) is 11.6 Å². The van der Waals surface area contributed by atoms with Gasteiger partial charge in [0.2, 0.25) is 0 Å². The Hall–Kier alpha value is -1.16. The molecular weight excluding hydrogens is 188 g/mol. The molecular formula is C11H20N4. The van der Waals surface area contributed by atoms with E-state index >= 15 is 0 Å². The molecule has 0 aliphatic rings. The van der Waals surface area contributed by atoms with E-state index in [1.54, 1.807) is 6.20 Å². The molecule has 1 rings (SSSR count). The van der Waals surface area contributed by atoms with Gasteiger partial charge in [0.05, 0.1) is 0 Å². The van der Waals surface area contributed by atoms with Gasteiger partial charge in [-0.1, -0.05) is 13.8 Å². The zero-order chi connectivity index (χ0) is 11.3. The molecule has 0 amide bonds. The second-order valence-corrected chi connectivity index (χ2v) is 3.72. The fourth-order valence-corrected chi connectivity index (χ4v) is 1.48. The summed E-state index contributed by atoms with van der Waals surface area (Å²) in [5.74, 6) is 1.31. The van der Waals surface area contributed by atoms with Crippen LogP contribution in [0, 0.1) is 6.92 Å². The average Bonchev–Trinajstić information content (AvgIpc) is 2.22. The molecule has 0 bridgehead atoms. The van der Waals surface area contributed by atoms with Gasteiger partial charge >= 0.3 is 0 Å². The molecule has 0 fully saturated rings. The minimum atomic E-state index is 0.547. The van der Waals surface area contributed by atoms with Crippen molar-refractivity contribution in [2.24, 2.45) is 0 Å². The molecule has 15 heavy (non-hydrogen) atoms. The van der Waals surface area contributed by atoms with Crippen LogP contribution in [0.1, 0.15) is 38.1 Å². The SMILES string of the molecule is CCC(CC)NCc1cnc(C)nc1N. The number of nitrogens with one attached hydrogen (secondary N) is 1. The van der Waals surface area contributed by atoms with Crippen molar-refractivity contribution in [3.05, 3.63) is 17.6 Å². The predicted octanol–water partition coefficient (Wildman–Crippen LogP) is 1.65. The van der Waals surface area contributed by atoms with Crippen LogP contribution in [0.3, 0.4) is 0 Å². The second-order valence-electron chi connectivity index (χ2n) is 3.72. The lowest BCUT2D eigenvalue weighted by molar-refractivity contribution is 0.483. The number of hydrogen-bond acceptors (Lipinski definition) is 4. The zero-order valence-electron chi connectivity index (χ0n) is 9.75. The van der Waals surface area contributed by atoms with Crippen molar-refractivity contribution in [2.75, 3.05) is 5.73 Å². The Kier molecular flexibility index (Phi) is 4.49. The summed E-state index contributed by atoms with van der Waals surface area (Å²) in [6, 6.07) is 0.547. The number of anilines is 1. The third-order valence-electron chi connectivity index (χ3n) is 2.59. The van der Waals surface area contributed by atoms with Crippen LogP contribution in [-0.4, -0.2) is 16.0 Å². The fraction of sp³-hybridized carbons (Fsp3) is 0.636. The number of aryl methyl sites for hydroxylation is 1. The highest BCUT2D eigenvalue weighted by molar-refractivity contribution is 5.37. The molecule has 0 aromatic carbocycles. The maximum absolute atomic E-state index is 5.80. The summed E-state index contributed by atoms with van der Waals surface area (Å²) in [7, 11) is 0. The van der Waals surface area contributed by atoms with Crippen LogP contribution < -0.4 is 11.1 Å². The Labute approximate surface area is 91.3 Å². The molecule has 0 spiro atoms. The number of rotatable bonds is 5. The third kappa shape index (κ3) is 3.47. The molecule has 1 aromatic rings. The van der Waals surface area contributed by atoms with E-state index in [1.807, 2.05) is 6.92 Å². The maximum atomic E-state index is 5.80. The number of hydrogen-bond donors (Lipinski definition) is 2. The van der Waals surface area contributed by atoms with Crippen LogP contribution in [0.5, 0.6) is 0 Å². The molecule has 1 heterocycles. The van der Waals surface area contributed by atoms with Crippen molar-refractivity contribution in [1.29, 1.82) is 0 Å². The van der Waals surface area contributed by atoms with Crippen molar-refractivity contribution in [3.8, 4) is 0 Å². The highest BCUT2D eigenvalue weighted by atomic mass is 15.0. The number of nitrogens with zero attached hydrogens (tertiary/aromatic N) is 2. The summed E-state index contributed by atoms with van der Waals surface area (Å²) in [5.41, 5.74) is 6.78. The van der Waals surface area contributed by atoms with E-state index in [0.717, 1.165) is 30.8 Å². The Morgan fingerprint density at radius 1 is 1.40 bits per heavy atom. The van der Waals surface area contributed by atoms with Gasteiger partial charge in [-0.25, -0.2) is 9.97 Å². The van der Waals surface area contributed by atoms with Gasteiger partial charge in [0.15, 0.2) is 0 Å². The van der Waals surface area contributed by atoms with Crippen molar-refractivity contribution >= 4 is 5.82 Å². The van der Waals surface area contributed by atoms with E-state index in [1.165, 1.54) is 0 Å².